The van der Waals surface area contributed by atoms with Crippen molar-refractivity contribution in [3.8, 4) is 0 Å². The van der Waals surface area contributed by atoms with E-state index in [2.05, 4.69) is 10.5 Å². The highest BCUT2D eigenvalue weighted by Crippen LogP contribution is 2.20. The Bertz CT molecular complexity index is 831. The fourth-order valence-corrected chi connectivity index (χ4v) is 3.31. The topological polar surface area (TPSA) is 98.9 Å². The maximum atomic E-state index is 12.7. The van der Waals surface area contributed by atoms with E-state index in [-0.39, 0.29) is 31.2 Å². The average molecular weight is 386 g/mol. The molecule has 3 rings (SSSR count). The highest BCUT2D eigenvalue weighted by Gasteiger charge is 2.38. The Hall–Kier alpha value is -2.87. The molecule has 2 amide bonds. The van der Waals surface area contributed by atoms with Crippen LogP contribution in [0.15, 0.2) is 34.9 Å². The molecule has 8 heteroatoms. The predicted octanol–water partition coefficient (Wildman–Crippen LogP) is 0.870. The smallest absolute Gasteiger partial charge is 0.243 e. The van der Waals surface area contributed by atoms with Crippen LogP contribution in [0.25, 0.3) is 0 Å². The first-order valence-electron chi connectivity index (χ1n) is 9.27. The number of aliphatic hydroxyl groups excluding tert-OH is 1. The Labute approximate surface area is 164 Å². The highest BCUT2D eigenvalue weighted by molar-refractivity contribution is 5.89. The Kier molecular flexibility index (Phi) is 5.99. The zero-order valence-electron chi connectivity index (χ0n) is 16.4. The summed E-state index contributed by atoms with van der Waals surface area (Å²) in [6.07, 6.45) is -0.467. The van der Waals surface area contributed by atoms with Crippen LogP contribution in [-0.2, 0) is 22.6 Å². The van der Waals surface area contributed by atoms with Gasteiger partial charge >= 0.3 is 0 Å². The molecule has 8 nitrogen and oxygen atoms in total. The van der Waals surface area contributed by atoms with Gasteiger partial charge in [-0.2, -0.15) is 0 Å². The number of nitrogens with zero attached hydrogens (tertiary/aromatic N) is 3. The van der Waals surface area contributed by atoms with Crippen LogP contribution in [-0.4, -0.2) is 59.8 Å². The van der Waals surface area contributed by atoms with Crippen LogP contribution in [0, 0.1) is 6.92 Å². The fourth-order valence-electron chi connectivity index (χ4n) is 3.31. The van der Waals surface area contributed by atoms with Crippen molar-refractivity contribution in [1.82, 2.24) is 15.4 Å². The summed E-state index contributed by atoms with van der Waals surface area (Å²) >= 11 is 0. The zero-order chi connectivity index (χ0) is 20.3. The van der Waals surface area contributed by atoms with E-state index in [1.54, 1.807) is 13.0 Å². The van der Waals surface area contributed by atoms with Crippen LogP contribution in [0.4, 0.5) is 5.69 Å². The summed E-state index contributed by atoms with van der Waals surface area (Å²) < 4.78 is 5.08. The van der Waals surface area contributed by atoms with Crippen molar-refractivity contribution in [1.29, 1.82) is 0 Å². The number of anilines is 1. The molecule has 0 spiro atoms. The molecular formula is C20H26N4O4. The van der Waals surface area contributed by atoms with Crippen molar-refractivity contribution < 1.29 is 19.2 Å². The molecule has 1 aliphatic heterocycles. The molecule has 0 bridgehead atoms. The largest absolute Gasteiger partial charge is 0.391 e. The summed E-state index contributed by atoms with van der Waals surface area (Å²) in [5, 5.41) is 16.6. The van der Waals surface area contributed by atoms with Crippen LogP contribution in [0.5, 0.6) is 0 Å². The first-order chi connectivity index (χ1) is 13.3. The lowest BCUT2D eigenvalue weighted by molar-refractivity contribution is -0.138. The third-order valence-electron chi connectivity index (χ3n) is 4.82. The van der Waals surface area contributed by atoms with Gasteiger partial charge in [-0.15, -0.1) is 0 Å². The monoisotopic (exact) mass is 386 g/mol. The van der Waals surface area contributed by atoms with Crippen LogP contribution >= 0.6 is 0 Å². The van der Waals surface area contributed by atoms with E-state index in [4.69, 9.17) is 4.52 Å². The van der Waals surface area contributed by atoms with E-state index in [0.717, 1.165) is 11.3 Å². The number of hydrogen-bond acceptors (Lipinski definition) is 6. The number of aromatic nitrogens is 1. The lowest BCUT2D eigenvalue weighted by Crippen LogP contribution is -2.46. The molecule has 1 saturated heterocycles. The van der Waals surface area contributed by atoms with Crippen LogP contribution in [0.1, 0.15) is 23.4 Å². The first-order valence-corrected chi connectivity index (χ1v) is 9.27. The van der Waals surface area contributed by atoms with E-state index in [9.17, 15) is 14.7 Å². The van der Waals surface area contributed by atoms with Crippen molar-refractivity contribution >= 4 is 17.5 Å². The van der Waals surface area contributed by atoms with Gasteiger partial charge in [-0.3, -0.25) is 9.59 Å². The van der Waals surface area contributed by atoms with Crippen molar-refractivity contribution in [2.75, 3.05) is 25.5 Å². The van der Waals surface area contributed by atoms with Crippen molar-refractivity contribution in [3.05, 3.63) is 47.3 Å². The molecule has 2 aromatic rings. The predicted molar refractivity (Wildman–Crippen MR) is 104 cm³/mol. The Morgan fingerprint density at radius 2 is 2.04 bits per heavy atom. The standard InChI is InChI=1S/C20H26N4O4/c1-13-8-17(28-22-13)10-19(26)24-12-16(25)9-18(24)20(27)21-11-14-4-6-15(7-5-14)23(2)3/h4-8,16,18,25H,9-12H2,1-3H3,(H,21,27)/t16-,18+/m1/s1. The van der Waals surface area contributed by atoms with E-state index in [0.29, 0.717) is 18.0 Å². The minimum absolute atomic E-state index is 0.0172. The molecule has 1 aromatic carbocycles. The molecule has 0 saturated carbocycles. The van der Waals surface area contributed by atoms with Gasteiger partial charge in [0.05, 0.1) is 18.2 Å². The van der Waals surface area contributed by atoms with E-state index in [1.807, 2.05) is 43.3 Å². The normalized spacial score (nSPS) is 18.9. The number of nitrogens with one attached hydrogen (secondary N) is 1. The van der Waals surface area contributed by atoms with Crippen molar-refractivity contribution in [2.45, 2.75) is 38.5 Å². The van der Waals surface area contributed by atoms with Crippen LogP contribution < -0.4 is 10.2 Å². The van der Waals surface area contributed by atoms with Gasteiger partial charge in [0.2, 0.25) is 11.8 Å². The molecular weight excluding hydrogens is 360 g/mol. The second kappa shape index (κ2) is 8.43. The summed E-state index contributed by atoms with van der Waals surface area (Å²) in [4.78, 5) is 28.7. The molecule has 1 fully saturated rings. The molecule has 28 heavy (non-hydrogen) atoms. The highest BCUT2D eigenvalue weighted by atomic mass is 16.5. The fraction of sp³-hybridized carbons (Fsp3) is 0.450. The molecule has 0 radical (unpaired) electrons. The van der Waals surface area contributed by atoms with Gasteiger partial charge in [-0.1, -0.05) is 17.3 Å². The van der Waals surface area contributed by atoms with Gasteiger partial charge in [-0.25, -0.2) is 0 Å². The van der Waals surface area contributed by atoms with E-state index in [1.165, 1.54) is 4.90 Å². The van der Waals surface area contributed by atoms with Crippen LogP contribution in [0.3, 0.4) is 0 Å². The minimum Gasteiger partial charge on any atom is -0.391 e. The average Bonchev–Trinajstić information content (AvgIpc) is 3.25. The number of benzene rings is 1. The molecule has 0 aliphatic carbocycles. The molecule has 2 N–H and O–H groups in total. The number of aryl methyl sites for hydroxylation is 1. The SMILES string of the molecule is Cc1cc(CC(=O)N2C[C@H](O)C[C@H]2C(=O)NCc2ccc(N(C)C)cc2)on1. The van der Waals surface area contributed by atoms with Crippen molar-refractivity contribution in [3.63, 3.8) is 0 Å². The third kappa shape index (κ3) is 4.69. The minimum atomic E-state index is -0.712. The molecule has 1 aromatic heterocycles. The van der Waals surface area contributed by atoms with Gasteiger partial charge < -0.3 is 24.7 Å². The summed E-state index contributed by atoms with van der Waals surface area (Å²) in [7, 11) is 3.93. The molecule has 2 heterocycles. The number of amides is 2. The second-order valence-corrected chi connectivity index (χ2v) is 7.34. The van der Waals surface area contributed by atoms with Gasteiger partial charge in [0, 0.05) is 45.4 Å². The Morgan fingerprint density at radius 1 is 1.32 bits per heavy atom. The van der Waals surface area contributed by atoms with Gasteiger partial charge in [0.1, 0.15) is 11.8 Å². The number of likely N-dealkylation sites (tertiary alicyclic amines) is 1. The van der Waals surface area contributed by atoms with Crippen LogP contribution in [0.2, 0.25) is 0 Å². The Morgan fingerprint density at radius 3 is 2.64 bits per heavy atom. The van der Waals surface area contributed by atoms with Gasteiger partial charge in [-0.05, 0) is 24.6 Å². The first kappa shape index (κ1) is 19.9. The second-order valence-electron chi connectivity index (χ2n) is 7.34. The third-order valence-corrected chi connectivity index (χ3v) is 4.82. The zero-order valence-corrected chi connectivity index (χ0v) is 16.4. The number of hydrogen-bond donors (Lipinski definition) is 2. The quantitative estimate of drug-likeness (QED) is 0.764. The molecule has 2 atom stereocenters. The number of carbonyl (C=O) groups is 2. The number of aliphatic hydroxyl groups is 1. The number of rotatable bonds is 6. The summed E-state index contributed by atoms with van der Waals surface area (Å²) in [6, 6.07) is 8.87. The molecule has 150 valence electrons. The summed E-state index contributed by atoms with van der Waals surface area (Å²) in [6.45, 7) is 2.28. The van der Waals surface area contributed by atoms with Crippen molar-refractivity contribution in [2.24, 2.45) is 0 Å². The summed E-state index contributed by atoms with van der Waals surface area (Å²) in [5.41, 5.74) is 2.74. The van der Waals surface area contributed by atoms with Gasteiger partial charge in [0.15, 0.2) is 0 Å². The maximum absolute atomic E-state index is 12.7. The lowest BCUT2D eigenvalue weighted by atomic mass is 10.1. The van der Waals surface area contributed by atoms with E-state index >= 15 is 0 Å². The lowest BCUT2D eigenvalue weighted by Gasteiger charge is -2.23. The maximum Gasteiger partial charge on any atom is 0.243 e. The number of carbonyl (C=O) groups excluding carboxylic acids is 2. The summed E-state index contributed by atoms with van der Waals surface area (Å²) in [5.74, 6) is -0.0810. The van der Waals surface area contributed by atoms with E-state index < -0.39 is 12.1 Å². The number of β-amino-alcohol motifs (C(OH)–C–C–N with tert-alkyl or cyclic N) is 1. The van der Waals surface area contributed by atoms with Gasteiger partial charge in [0.25, 0.3) is 0 Å². The Balaban J connectivity index is 1.59. The molecule has 0 unspecified atom stereocenters. The molecule has 1 aliphatic rings.